The number of carbonyl (C=O) groups is 1. The van der Waals surface area contributed by atoms with Gasteiger partial charge in [-0.1, -0.05) is 49.4 Å². The summed E-state index contributed by atoms with van der Waals surface area (Å²) in [5.41, 5.74) is 1.33. The third-order valence-corrected chi connectivity index (χ3v) is 3.09. The van der Waals surface area contributed by atoms with E-state index in [1.807, 2.05) is 25.1 Å². The third kappa shape index (κ3) is 5.99. The fourth-order valence-corrected chi connectivity index (χ4v) is 1.79. The summed E-state index contributed by atoms with van der Waals surface area (Å²) in [6.45, 7) is 3.55. The van der Waals surface area contributed by atoms with E-state index in [9.17, 15) is 4.79 Å². The van der Waals surface area contributed by atoms with Crippen LogP contribution < -0.4 is 5.32 Å². The van der Waals surface area contributed by atoms with Gasteiger partial charge < -0.3 is 5.32 Å². The SMILES string of the molecule is CON(C)C(=O)[C@@H](C)/C=C/CNCCc1ccccc1. The van der Waals surface area contributed by atoms with Crippen LogP contribution in [0.3, 0.4) is 0 Å². The van der Waals surface area contributed by atoms with Gasteiger partial charge in [-0.2, -0.15) is 0 Å². The first kappa shape index (κ1) is 16.4. The van der Waals surface area contributed by atoms with Gasteiger partial charge >= 0.3 is 0 Å². The zero-order valence-electron chi connectivity index (χ0n) is 12.5. The van der Waals surface area contributed by atoms with Gasteiger partial charge in [-0.3, -0.25) is 9.63 Å². The molecule has 0 aliphatic heterocycles. The molecule has 0 spiro atoms. The van der Waals surface area contributed by atoms with Crippen molar-refractivity contribution in [3.8, 4) is 0 Å². The molecule has 0 aliphatic carbocycles. The first-order valence-corrected chi connectivity index (χ1v) is 6.88. The number of amides is 1. The Labute approximate surface area is 121 Å². The Bertz CT molecular complexity index is 418. The van der Waals surface area contributed by atoms with Crippen LogP contribution in [0.4, 0.5) is 0 Å². The summed E-state index contributed by atoms with van der Waals surface area (Å²) >= 11 is 0. The Morgan fingerprint density at radius 1 is 1.40 bits per heavy atom. The average Bonchev–Trinajstić information content (AvgIpc) is 2.49. The Balaban J connectivity index is 2.17. The van der Waals surface area contributed by atoms with Crippen molar-refractivity contribution >= 4 is 5.91 Å². The van der Waals surface area contributed by atoms with E-state index < -0.39 is 0 Å². The molecule has 0 unspecified atom stereocenters. The van der Waals surface area contributed by atoms with Gasteiger partial charge in [0, 0.05) is 13.6 Å². The Kier molecular flexibility index (Phi) is 7.62. The summed E-state index contributed by atoms with van der Waals surface area (Å²) in [6.07, 6.45) is 4.89. The van der Waals surface area contributed by atoms with Gasteiger partial charge in [-0.25, -0.2) is 5.06 Å². The normalized spacial score (nSPS) is 12.6. The molecular formula is C16H24N2O2. The highest BCUT2D eigenvalue weighted by atomic mass is 16.7. The highest BCUT2D eigenvalue weighted by Gasteiger charge is 2.13. The topological polar surface area (TPSA) is 41.6 Å². The Hall–Kier alpha value is -1.65. The number of hydrogen-bond donors (Lipinski definition) is 1. The van der Waals surface area contributed by atoms with Crippen LogP contribution >= 0.6 is 0 Å². The van der Waals surface area contributed by atoms with Gasteiger partial charge in [-0.05, 0) is 18.5 Å². The van der Waals surface area contributed by atoms with E-state index in [2.05, 4.69) is 29.6 Å². The van der Waals surface area contributed by atoms with Crippen molar-refractivity contribution < 1.29 is 9.63 Å². The van der Waals surface area contributed by atoms with Crippen LogP contribution in [0.1, 0.15) is 12.5 Å². The molecule has 1 rings (SSSR count). The molecule has 0 saturated carbocycles. The maximum absolute atomic E-state index is 11.7. The van der Waals surface area contributed by atoms with Crippen molar-refractivity contribution in [3.05, 3.63) is 48.0 Å². The van der Waals surface area contributed by atoms with Crippen molar-refractivity contribution in [2.75, 3.05) is 27.2 Å². The van der Waals surface area contributed by atoms with E-state index in [0.717, 1.165) is 19.5 Å². The number of hydrogen-bond acceptors (Lipinski definition) is 3. The summed E-state index contributed by atoms with van der Waals surface area (Å²) in [5, 5.41) is 4.58. The smallest absolute Gasteiger partial charge is 0.252 e. The number of rotatable bonds is 8. The molecule has 1 N–H and O–H groups in total. The number of benzene rings is 1. The fourth-order valence-electron chi connectivity index (χ4n) is 1.79. The molecule has 20 heavy (non-hydrogen) atoms. The number of nitrogens with one attached hydrogen (secondary N) is 1. The van der Waals surface area contributed by atoms with Gasteiger partial charge in [0.15, 0.2) is 0 Å². The molecule has 0 heterocycles. The van der Waals surface area contributed by atoms with Crippen LogP contribution in [0.5, 0.6) is 0 Å². The molecule has 0 aromatic heterocycles. The summed E-state index contributed by atoms with van der Waals surface area (Å²) in [5.74, 6) is -0.219. The highest BCUT2D eigenvalue weighted by molar-refractivity contribution is 5.78. The van der Waals surface area contributed by atoms with Crippen LogP contribution in [-0.2, 0) is 16.1 Å². The summed E-state index contributed by atoms with van der Waals surface area (Å²) in [4.78, 5) is 16.6. The lowest BCUT2D eigenvalue weighted by Crippen LogP contribution is -2.30. The number of hydroxylamine groups is 2. The van der Waals surface area contributed by atoms with E-state index in [0.29, 0.717) is 0 Å². The molecule has 0 fully saturated rings. The lowest BCUT2D eigenvalue weighted by atomic mass is 10.1. The molecule has 110 valence electrons. The molecule has 1 atom stereocenters. The van der Waals surface area contributed by atoms with Crippen LogP contribution in [0.2, 0.25) is 0 Å². The van der Waals surface area contributed by atoms with Crippen LogP contribution in [0.15, 0.2) is 42.5 Å². The van der Waals surface area contributed by atoms with E-state index >= 15 is 0 Å². The minimum atomic E-state index is -0.170. The predicted octanol–water partition coefficient (Wildman–Crippen LogP) is 2.03. The maximum Gasteiger partial charge on any atom is 0.252 e. The standard InChI is InChI=1S/C16H24N2O2/c1-14(16(19)18(2)20-3)8-7-12-17-13-11-15-9-5-4-6-10-15/h4-10,14,17H,11-13H2,1-3H3/b8-7+/t14-/m0/s1. The molecule has 1 aromatic carbocycles. The molecule has 4 heteroatoms. The van der Waals surface area contributed by atoms with Crippen molar-refractivity contribution in [3.63, 3.8) is 0 Å². The summed E-state index contributed by atoms with van der Waals surface area (Å²) in [7, 11) is 3.10. The first-order chi connectivity index (χ1) is 9.65. The molecular weight excluding hydrogens is 252 g/mol. The van der Waals surface area contributed by atoms with Crippen LogP contribution in [0, 0.1) is 5.92 Å². The molecule has 0 bridgehead atoms. The minimum absolute atomic E-state index is 0.0481. The van der Waals surface area contributed by atoms with Crippen molar-refractivity contribution in [1.29, 1.82) is 0 Å². The van der Waals surface area contributed by atoms with Crippen LogP contribution in [0.25, 0.3) is 0 Å². The first-order valence-electron chi connectivity index (χ1n) is 6.88. The predicted molar refractivity (Wildman–Crippen MR) is 81.1 cm³/mol. The second-order valence-electron chi connectivity index (χ2n) is 4.67. The van der Waals surface area contributed by atoms with Crippen molar-refractivity contribution in [2.45, 2.75) is 13.3 Å². The maximum atomic E-state index is 11.7. The average molecular weight is 276 g/mol. The Morgan fingerprint density at radius 2 is 2.10 bits per heavy atom. The quantitative estimate of drug-likeness (QED) is 0.449. The monoisotopic (exact) mass is 276 g/mol. The molecule has 1 aromatic rings. The second-order valence-corrected chi connectivity index (χ2v) is 4.67. The fraction of sp³-hybridized carbons (Fsp3) is 0.438. The minimum Gasteiger partial charge on any atom is -0.313 e. The van der Waals surface area contributed by atoms with Gasteiger partial charge in [-0.15, -0.1) is 0 Å². The van der Waals surface area contributed by atoms with Gasteiger partial charge in [0.25, 0.3) is 5.91 Å². The largest absolute Gasteiger partial charge is 0.313 e. The molecule has 0 radical (unpaired) electrons. The number of nitrogens with zero attached hydrogens (tertiary/aromatic N) is 1. The van der Waals surface area contributed by atoms with E-state index in [4.69, 9.17) is 4.84 Å². The zero-order valence-corrected chi connectivity index (χ0v) is 12.5. The van der Waals surface area contributed by atoms with Crippen molar-refractivity contribution in [1.82, 2.24) is 10.4 Å². The summed E-state index contributed by atoms with van der Waals surface area (Å²) in [6, 6.07) is 10.4. The van der Waals surface area contributed by atoms with Gasteiger partial charge in [0.2, 0.25) is 0 Å². The molecule has 1 amide bonds. The van der Waals surface area contributed by atoms with E-state index in [1.54, 1.807) is 7.05 Å². The Morgan fingerprint density at radius 3 is 2.75 bits per heavy atom. The number of carbonyl (C=O) groups excluding carboxylic acids is 1. The van der Waals surface area contributed by atoms with E-state index in [-0.39, 0.29) is 11.8 Å². The molecule has 0 aliphatic rings. The van der Waals surface area contributed by atoms with Crippen LogP contribution in [-0.4, -0.2) is 38.2 Å². The lowest BCUT2D eigenvalue weighted by molar-refractivity contribution is -0.171. The third-order valence-electron chi connectivity index (χ3n) is 3.09. The highest BCUT2D eigenvalue weighted by Crippen LogP contribution is 2.02. The zero-order chi connectivity index (χ0) is 14.8. The van der Waals surface area contributed by atoms with Crippen molar-refractivity contribution in [2.24, 2.45) is 5.92 Å². The molecule has 0 saturated heterocycles. The summed E-state index contributed by atoms with van der Waals surface area (Å²) < 4.78 is 0. The van der Waals surface area contributed by atoms with Gasteiger partial charge in [0.1, 0.15) is 0 Å². The van der Waals surface area contributed by atoms with Gasteiger partial charge in [0.05, 0.1) is 13.0 Å². The lowest BCUT2D eigenvalue weighted by Gasteiger charge is -2.16. The second kappa shape index (κ2) is 9.28. The molecule has 4 nitrogen and oxygen atoms in total. The van der Waals surface area contributed by atoms with E-state index in [1.165, 1.54) is 17.7 Å².